The van der Waals surface area contributed by atoms with E-state index in [1.807, 2.05) is 6.08 Å². The fourth-order valence-corrected chi connectivity index (χ4v) is 2.42. The highest BCUT2D eigenvalue weighted by Crippen LogP contribution is 2.28. The van der Waals surface area contributed by atoms with Crippen LogP contribution in [0.1, 0.15) is 43.4 Å². The second kappa shape index (κ2) is 10.8. The molecule has 2 N–H and O–H groups in total. The topological polar surface area (TPSA) is 25.8 Å². The molecule has 20 heavy (non-hydrogen) atoms. The summed E-state index contributed by atoms with van der Waals surface area (Å²) in [5.41, 5.74) is 4.11. The summed E-state index contributed by atoms with van der Waals surface area (Å²) >= 11 is 0. The normalized spacial score (nSPS) is 9.95. The van der Waals surface area contributed by atoms with Gasteiger partial charge in [-0.25, -0.2) is 0 Å². The Morgan fingerprint density at radius 3 is 2.10 bits per heavy atom. The summed E-state index contributed by atoms with van der Waals surface area (Å²) in [7, 11) is 2.11. The second-order valence-corrected chi connectivity index (χ2v) is 4.96. The molecule has 0 radical (unpaired) electrons. The molecule has 0 unspecified atom stereocenters. The van der Waals surface area contributed by atoms with Crippen LogP contribution in [-0.4, -0.2) is 13.7 Å². The zero-order chi connectivity index (χ0) is 14.1. The Bertz CT molecular complexity index is 377. The molecule has 1 aromatic carbocycles. The van der Waals surface area contributed by atoms with Crippen molar-refractivity contribution in [2.24, 2.45) is 0 Å². The third-order valence-corrected chi connectivity index (χ3v) is 3.13. The van der Waals surface area contributed by atoms with Gasteiger partial charge in [0.05, 0.1) is 7.05 Å². The Kier molecular flexibility index (Phi) is 10.2. The molecule has 0 saturated carbocycles. The van der Waals surface area contributed by atoms with Crippen molar-refractivity contribution in [1.29, 1.82) is 0 Å². The molecule has 114 valence electrons. The Morgan fingerprint density at radius 2 is 1.70 bits per heavy atom. The van der Waals surface area contributed by atoms with Crippen LogP contribution in [0.3, 0.4) is 0 Å². The molecule has 0 aliphatic heterocycles. The van der Waals surface area contributed by atoms with Gasteiger partial charge in [0.25, 0.3) is 0 Å². The summed E-state index contributed by atoms with van der Waals surface area (Å²) in [5.74, 6) is 1.10. The third-order valence-electron chi connectivity index (χ3n) is 3.13. The summed E-state index contributed by atoms with van der Waals surface area (Å²) in [6, 6.07) is 4.61. The Hall–Kier alpha value is -0.990. The molecule has 0 aliphatic rings. The van der Waals surface area contributed by atoms with E-state index in [1.165, 1.54) is 16.7 Å². The van der Waals surface area contributed by atoms with E-state index in [0.29, 0.717) is 6.61 Å². The molecule has 1 rings (SSSR count). The van der Waals surface area contributed by atoms with Crippen molar-refractivity contribution in [1.82, 2.24) is 0 Å². The molecular formula is C17H28ClNO. The number of rotatable bonds is 9. The van der Waals surface area contributed by atoms with E-state index in [0.717, 1.165) is 38.0 Å². The van der Waals surface area contributed by atoms with Crippen molar-refractivity contribution in [2.45, 2.75) is 46.1 Å². The first-order valence-corrected chi connectivity index (χ1v) is 7.42. The summed E-state index contributed by atoms with van der Waals surface area (Å²) in [6.45, 7) is 9.81. The summed E-state index contributed by atoms with van der Waals surface area (Å²) in [4.78, 5) is 0. The van der Waals surface area contributed by atoms with E-state index in [2.05, 4.69) is 44.9 Å². The van der Waals surface area contributed by atoms with E-state index < -0.39 is 0 Å². The maximum Gasteiger partial charge on any atom is 0.126 e. The van der Waals surface area contributed by atoms with Crippen molar-refractivity contribution in [3.8, 4) is 5.75 Å². The molecule has 0 spiro atoms. The zero-order valence-corrected chi connectivity index (χ0v) is 13.8. The first-order valence-electron chi connectivity index (χ1n) is 7.42. The van der Waals surface area contributed by atoms with Crippen LogP contribution in [0, 0.1) is 0 Å². The lowest BCUT2D eigenvalue weighted by atomic mass is 9.98. The number of halogens is 1. The molecule has 0 aliphatic carbocycles. The van der Waals surface area contributed by atoms with Crippen LogP contribution in [0.2, 0.25) is 0 Å². The molecule has 2 nitrogen and oxygen atoms in total. The van der Waals surface area contributed by atoms with Gasteiger partial charge in [-0.3, -0.25) is 0 Å². The van der Waals surface area contributed by atoms with Crippen molar-refractivity contribution in [2.75, 3.05) is 13.7 Å². The lowest BCUT2D eigenvalue weighted by molar-refractivity contribution is -0.643. The highest BCUT2D eigenvalue weighted by molar-refractivity contribution is 5.45. The van der Waals surface area contributed by atoms with Crippen LogP contribution in [0.5, 0.6) is 5.75 Å². The number of hydrogen-bond acceptors (Lipinski definition) is 1. The zero-order valence-electron chi connectivity index (χ0n) is 13.0. The SMILES string of the molecule is C=CCOc1c(CCC)cc(C[NH2+]C)cc1CCC.[Cl-]. The minimum absolute atomic E-state index is 0. The first-order chi connectivity index (χ1) is 9.26. The maximum atomic E-state index is 5.93. The van der Waals surface area contributed by atoms with Crippen LogP contribution in [0.25, 0.3) is 0 Å². The predicted molar refractivity (Wildman–Crippen MR) is 81.7 cm³/mol. The van der Waals surface area contributed by atoms with E-state index in [1.54, 1.807) is 0 Å². The average Bonchev–Trinajstić information content (AvgIpc) is 2.39. The number of ether oxygens (including phenoxy) is 1. The minimum atomic E-state index is 0. The molecule has 1 aromatic rings. The molecule has 0 amide bonds. The van der Waals surface area contributed by atoms with E-state index in [4.69, 9.17) is 4.74 Å². The van der Waals surface area contributed by atoms with Gasteiger partial charge in [-0.1, -0.05) is 39.3 Å². The smallest absolute Gasteiger partial charge is 0.126 e. The third kappa shape index (κ3) is 5.56. The van der Waals surface area contributed by atoms with Gasteiger partial charge in [-0.2, -0.15) is 0 Å². The van der Waals surface area contributed by atoms with E-state index in [-0.39, 0.29) is 12.4 Å². The molecule has 0 saturated heterocycles. The summed E-state index contributed by atoms with van der Waals surface area (Å²) in [6.07, 6.45) is 6.28. The van der Waals surface area contributed by atoms with Crippen molar-refractivity contribution < 1.29 is 22.5 Å². The standard InChI is InChI=1S/C17H27NO.ClH/c1-5-8-15-11-14(13-18-4)12-16(9-6-2)17(15)19-10-7-3;/h7,11-12,18H,3,5-6,8-10,13H2,1-2,4H3;1H. The fraction of sp³-hybridized carbons (Fsp3) is 0.529. The van der Waals surface area contributed by atoms with Crippen molar-refractivity contribution >= 4 is 0 Å². The Morgan fingerprint density at radius 1 is 1.15 bits per heavy atom. The van der Waals surface area contributed by atoms with Crippen LogP contribution in [-0.2, 0) is 19.4 Å². The summed E-state index contributed by atoms with van der Waals surface area (Å²) < 4.78 is 5.93. The van der Waals surface area contributed by atoms with Gasteiger partial charge in [0.1, 0.15) is 18.9 Å². The molecule has 0 heterocycles. The van der Waals surface area contributed by atoms with Gasteiger partial charge in [-0.15, -0.1) is 0 Å². The lowest BCUT2D eigenvalue weighted by Crippen LogP contribution is -3.00. The second-order valence-electron chi connectivity index (χ2n) is 4.96. The predicted octanol–water partition coefficient (Wildman–Crippen LogP) is -0.146. The van der Waals surface area contributed by atoms with Gasteiger partial charge < -0.3 is 22.5 Å². The largest absolute Gasteiger partial charge is 1.00 e. The van der Waals surface area contributed by atoms with Gasteiger partial charge in [0.15, 0.2) is 0 Å². The van der Waals surface area contributed by atoms with Crippen LogP contribution < -0.4 is 22.5 Å². The number of aryl methyl sites for hydroxylation is 2. The number of nitrogens with two attached hydrogens (primary N) is 1. The number of quaternary nitrogens is 1. The maximum absolute atomic E-state index is 5.93. The molecular weight excluding hydrogens is 270 g/mol. The van der Waals surface area contributed by atoms with E-state index in [9.17, 15) is 0 Å². The van der Waals surface area contributed by atoms with E-state index >= 15 is 0 Å². The Labute approximate surface area is 130 Å². The molecule has 0 atom stereocenters. The average molecular weight is 298 g/mol. The Balaban J connectivity index is 0.00000361. The summed E-state index contributed by atoms with van der Waals surface area (Å²) in [5, 5.41) is 2.21. The monoisotopic (exact) mass is 297 g/mol. The highest BCUT2D eigenvalue weighted by atomic mass is 35.5. The number of hydrogen-bond donors (Lipinski definition) is 1. The van der Waals surface area contributed by atoms with Gasteiger partial charge in [0, 0.05) is 5.56 Å². The highest BCUT2D eigenvalue weighted by Gasteiger charge is 2.12. The quantitative estimate of drug-likeness (QED) is 0.631. The molecule has 0 aromatic heterocycles. The molecule has 0 bridgehead atoms. The lowest BCUT2D eigenvalue weighted by Gasteiger charge is -2.16. The number of benzene rings is 1. The molecule has 0 fully saturated rings. The molecule has 3 heteroatoms. The van der Waals surface area contributed by atoms with Gasteiger partial charge >= 0.3 is 0 Å². The fourth-order valence-electron chi connectivity index (χ4n) is 2.42. The van der Waals surface area contributed by atoms with Gasteiger partial charge in [0.2, 0.25) is 0 Å². The van der Waals surface area contributed by atoms with Gasteiger partial charge in [-0.05, 0) is 36.1 Å². The van der Waals surface area contributed by atoms with Crippen LogP contribution in [0.15, 0.2) is 24.8 Å². The van der Waals surface area contributed by atoms with Crippen molar-refractivity contribution in [3.63, 3.8) is 0 Å². The van der Waals surface area contributed by atoms with Crippen LogP contribution >= 0.6 is 0 Å². The van der Waals surface area contributed by atoms with Crippen LogP contribution in [0.4, 0.5) is 0 Å². The first kappa shape index (κ1) is 19.0. The minimum Gasteiger partial charge on any atom is -1.00 e. The van der Waals surface area contributed by atoms with Crippen molar-refractivity contribution in [3.05, 3.63) is 41.5 Å².